The van der Waals surface area contributed by atoms with Gasteiger partial charge >= 0.3 is 0 Å². The lowest BCUT2D eigenvalue weighted by molar-refractivity contribution is -0.135. The molecule has 2 heterocycles. The molecule has 0 spiro atoms. The average molecular weight is 527 g/mol. The average Bonchev–Trinajstić information content (AvgIpc) is 3.36. The number of carbonyl (C=O) groups excluding carboxylic acids is 2. The number of carbonyl (C=O) groups is 2. The Morgan fingerprint density at radius 3 is 2.67 bits per heavy atom. The molecule has 8 heteroatoms. The molecular weight excluding hydrogens is 496 g/mol. The summed E-state index contributed by atoms with van der Waals surface area (Å²) in [6.45, 7) is 5.39. The summed E-state index contributed by atoms with van der Waals surface area (Å²) in [7, 11) is 1.62. The second-order valence-corrected chi connectivity index (χ2v) is 10.6. The number of rotatable bonds is 9. The molecule has 6 nitrogen and oxygen atoms in total. The Morgan fingerprint density at radius 1 is 1.14 bits per heavy atom. The molecule has 1 atom stereocenters. The van der Waals surface area contributed by atoms with Gasteiger partial charge in [0.2, 0.25) is 5.91 Å². The first-order chi connectivity index (χ1) is 17.4. The van der Waals surface area contributed by atoms with E-state index in [0.717, 1.165) is 12.0 Å². The number of hydrogen-bond acceptors (Lipinski definition) is 5. The van der Waals surface area contributed by atoms with E-state index in [2.05, 4.69) is 11.4 Å². The van der Waals surface area contributed by atoms with E-state index in [-0.39, 0.29) is 30.3 Å². The Kier molecular flexibility index (Phi) is 8.54. The van der Waals surface area contributed by atoms with Gasteiger partial charge in [0.1, 0.15) is 24.7 Å². The van der Waals surface area contributed by atoms with E-state index in [1.807, 2.05) is 43.0 Å². The molecule has 0 bridgehead atoms. The molecule has 1 aromatic heterocycles. The van der Waals surface area contributed by atoms with Gasteiger partial charge in [0.15, 0.2) is 0 Å². The minimum Gasteiger partial charge on any atom is -0.497 e. The molecule has 1 unspecified atom stereocenters. The van der Waals surface area contributed by atoms with Gasteiger partial charge in [0.25, 0.3) is 5.91 Å². The van der Waals surface area contributed by atoms with Crippen molar-refractivity contribution in [3.63, 3.8) is 0 Å². The van der Waals surface area contributed by atoms with Crippen LogP contribution in [0, 0.1) is 5.92 Å². The lowest BCUT2D eigenvalue weighted by Gasteiger charge is -2.37. The summed E-state index contributed by atoms with van der Waals surface area (Å²) in [4.78, 5) is 31.8. The molecule has 0 N–H and O–H groups in total. The number of hydrogen-bond donors (Lipinski definition) is 0. The highest BCUT2D eigenvalue weighted by Crippen LogP contribution is 2.34. The van der Waals surface area contributed by atoms with Crippen molar-refractivity contribution < 1.29 is 19.1 Å². The molecule has 190 valence electrons. The molecule has 36 heavy (non-hydrogen) atoms. The first-order valence-electron chi connectivity index (χ1n) is 12.0. The number of nitrogens with zero attached hydrogens (tertiary/aromatic N) is 2. The van der Waals surface area contributed by atoms with Crippen LogP contribution in [0.5, 0.6) is 11.5 Å². The molecule has 4 rings (SSSR count). The van der Waals surface area contributed by atoms with Crippen LogP contribution in [0.1, 0.15) is 40.7 Å². The highest BCUT2D eigenvalue weighted by molar-refractivity contribution is 7.10. The first kappa shape index (κ1) is 26.0. The van der Waals surface area contributed by atoms with Crippen molar-refractivity contribution in [1.82, 2.24) is 9.80 Å². The van der Waals surface area contributed by atoms with E-state index in [4.69, 9.17) is 21.1 Å². The van der Waals surface area contributed by atoms with E-state index >= 15 is 0 Å². The number of benzene rings is 2. The maximum absolute atomic E-state index is 13.7. The number of ether oxygens (including phenoxy) is 2. The molecule has 2 amide bonds. The molecule has 0 radical (unpaired) electrons. The quantitative estimate of drug-likeness (QED) is 0.358. The fourth-order valence-electron chi connectivity index (χ4n) is 4.46. The third kappa shape index (κ3) is 6.02. The second-order valence-electron chi connectivity index (χ2n) is 9.20. The minimum atomic E-state index is -0.241. The predicted molar refractivity (Wildman–Crippen MR) is 143 cm³/mol. The van der Waals surface area contributed by atoms with Crippen LogP contribution in [0.4, 0.5) is 0 Å². The SMILES string of the molecule is COc1cccc(OCC2c3ccsc3CCN2C(=O)CN(CC(C)C)C(=O)c2ccccc2Cl)c1. The zero-order valence-electron chi connectivity index (χ0n) is 20.8. The minimum absolute atomic E-state index is 0.0165. The predicted octanol–water partition coefficient (Wildman–Crippen LogP) is 5.71. The summed E-state index contributed by atoms with van der Waals surface area (Å²) in [6, 6.07) is 16.2. The highest BCUT2D eigenvalue weighted by atomic mass is 35.5. The van der Waals surface area contributed by atoms with Crippen LogP contribution >= 0.6 is 22.9 Å². The highest BCUT2D eigenvalue weighted by Gasteiger charge is 2.34. The number of fused-ring (bicyclic) bond motifs is 1. The largest absolute Gasteiger partial charge is 0.497 e. The summed E-state index contributed by atoms with van der Waals surface area (Å²) in [6.07, 6.45) is 0.789. The summed E-state index contributed by atoms with van der Waals surface area (Å²) in [5, 5.41) is 2.44. The van der Waals surface area contributed by atoms with Crippen LogP contribution < -0.4 is 9.47 Å². The third-order valence-electron chi connectivity index (χ3n) is 6.17. The summed E-state index contributed by atoms with van der Waals surface area (Å²) < 4.78 is 11.4. The van der Waals surface area contributed by atoms with Crippen molar-refractivity contribution in [2.75, 3.05) is 33.4 Å². The second kappa shape index (κ2) is 11.8. The molecule has 3 aromatic rings. The van der Waals surface area contributed by atoms with Crippen LogP contribution in [0.25, 0.3) is 0 Å². The van der Waals surface area contributed by atoms with E-state index in [9.17, 15) is 9.59 Å². The van der Waals surface area contributed by atoms with Crippen LogP contribution in [0.15, 0.2) is 60.0 Å². The molecule has 0 saturated carbocycles. The molecule has 0 fully saturated rings. The van der Waals surface area contributed by atoms with Gasteiger partial charge in [-0.05, 0) is 53.6 Å². The van der Waals surface area contributed by atoms with E-state index in [0.29, 0.717) is 41.8 Å². The van der Waals surface area contributed by atoms with Crippen molar-refractivity contribution in [3.05, 3.63) is 81.0 Å². The summed E-state index contributed by atoms with van der Waals surface area (Å²) >= 11 is 8.01. The standard InChI is InChI=1S/C28H31ClN2O4S/c1-19(2)16-30(28(33)22-9-4-5-10-24(22)29)17-27(32)31-13-11-26-23(12-14-36-26)25(31)18-35-21-8-6-7-20(15-21)34-3/h4-10,12,14-15,19,25H,11,13,16-18H2,1-3H3. The topological polar surface area (TPSA) is 59.1 Å². The smallest absolute Gasteiger partial charge is 0.255 e. The van der Waals surface area contributed by atoms with E-state index in [1.54, 1.807) is 47.6 Å². The monoisotopic (exact) mass is 526 g/mol. The molecular formula is C28H31ClN2O4S. The van der Waals surface area contributed by atoms with Gasteiger partial charge in [-0.3, -0.25) is 9.59 Å². The van der Waals surface area contributed by atoms with Gasteiger partial charge in [-0.1, -0.05) is 43.6 Å². The Hall–Kier alpha value is -3.03. The number of methoxy groups -OCH3 is 1. The van der Waals surface area contributed by atoms with Gasteiger partial charge in [0, 0.05) is 24.0 Å². The molecule has 0 aliphatic carbocycles. The number of amides is 2. The van der Waals surface area contributed by atoms with Crippen molar-refractivity contribution in [1.29, 1.82) is 0 Å². The van der Waals surface area contributed by atoms with Gasteiger partial charge in [-0.15, -0.1) is 11.3 Å². The van der Waals surface area contributed by atoms with Crippen LogP contribution in [0.2, 0.25) is 5.02 Å². The Balaban J connectivity index is 1.54. The summed E-state index contributed by atoms with van der Waals surface area (Å²) in [5.74, 6) is 1.25. The Labute approximate surface area is 221 Å². The zero-order valence-corrected chi connectivity index (χ0v) is 22.3. The normalized spacial score (nSPS) is 14.9. The van der Waals surface area contributed by atoms with Crippen LogP contribution in [0.3, 0.4) is 0 Å². The fraction of sp³-hybridized carbons (Fsp3) is 0.357. The lowest BCUT2D eigenvalue weighted by atomic mass is 10.00. The Morgan fingerprint density at radius 2 is 1.92 bits per heavy atom. The van der Waals surface area contributed by atoms with Crippen molar-refractivity contribution in [2.45, 2.75) is 26.3 Å². The number of thiophene rings is 1. The van der Waals surface area contributed by atoms with Crippen molar-refractivity contribution in [2.24, 2.45) is 5.92 Å². The van der Waals surface area contributed by atoms with Gasteiger partial charge in [-0.25, -0.2) is 0 Å². The van der Waals surface area contributed by atoms with Crippen molar-refractivity contribution in [3.8, 4) is 11.5 Å². The number of halogens is 1. The van der Waals surface area contributed by atoms with Gasteiger partial charge in [-0.2, -0.15) is 0 Å². The Bertz CT molecular complexity index is 1210. The molecule has 2 aromatic carbocycles. The molecule has 0 saturated heterocycles. The van der Waals surface area contributed by atoms with Gasteiger partial charge < -0.3 is 19.3 Å². The fourth-order valence-corrected chi connectivity index (χ4v) is 5.60. The third-order valence-corrected chi connectivity index (χ3v) is 7.49. The van der Waals surface area contributed by atoms with Crippen molar-refractivity contribution >= 4 is 34.8 Å². The summed E-state index contributed by atoms with van der Waals surface area (Å²) in [5.41, 5.74) is 1.51. The first-order valence-corrected chi connectivity index (χ1v) is 13.3. The van der Waals surface area contributed by atoms with E-state index < -0.39 is 0 Å². The maximum Gasteiger partial charge on any atom is 0.255 e. The zero-order chi connectivity index (χ0) is 25.7. The molecule has 1 aliphatic heterocycles. The van der Waals surface area contributed by atoms with E-state index in [1.165, 1.54) is 4.88 Å². The maximum atomic E-state index is 13.7. The van der Waals surface area contributed by atoms with Gasteiger partial charge in [0.05, 0.1) is 23.7 Å². The van der Waals surface area contributed by atoms with Crippen LogP contribution in [-0.2, 0) is 11.2 Å². The molecule has 1 aliphatic rings. The van der Waals surface area contributed by atoms with Crippen LogP contribution in [-0.4, -0.2) is 55.0 Å². The lowest BCUT2D eigenvalue weighted by Crippen LogP contribution is -2.48.